The Hall–Kier alpha value is -0.0100. The molecule has 0 spiro atoms. The maximum absolute atomic E-state index is 12.3. The summed E-state index contributed by atoms with van der Waals surface area (Å²) in [6.45, 7) is 8.71. The fourth-order valence-electron chi connectivity index (χ4n) is 2.04. The summed E-state index contributed by atoms with van der Waals surface area (Å²) in [5.74, 6) is 0. The molecule has 2 N–H and O–H groups in total. The van der Waals surface area contributed by atoms with Gasteiger partial charge in [-0.2, -0.15) is 0 Å². The van der Waals surface area contributed by atoms with Gasteiger partial charge in [0.2, 0.25) is 0 Å². The van der Waals surface area contributed by atoms with Gasteiger partial charge in [-0.05, 0) is 27.7 Å². The quantitative estimate of drug-likeness (QED) is 0.678. The summed E-state index contributed by atoms with van der Waals surface area (Å²) < 4.78 is 33.9. The smallest absolute Gasteiger partial charge is 0.328 e. The molecule has 0 radical (unpaired) electrons. The number of hydrogen-bond acceptors (Lipinski definition) is 7. The van der Waals surface area contributed by atoms with Crippen LogP contribution in [0.25, 0.3) is 0 Å². The highest BCUT2D eigenvalue weighted by molar-refractivity contribution is 7.53. The number of aliphatic hydroxyl groups is 2. The van der Waals surface area contributed by atoms with E-state index in [1.165, 1.54) is 6.66 Å². The molecule has 1 saturated heterocycles. The highest BCUT2D eigenvalue weighted by atomic mass is 31.2. The Bertz CT molecular complexity index is 360. The Balaban J connectivity index is 2.76. The normalized spacial score (nSPS) is 33.4. The van der Waals surface area contributed by atoms with Gasteiger partial charge in [-0.3, -0.25) is 9.09 Å². The molecule has 0 aromatic carbocycles. The van der Waals surface area contributed by atoms with Crippen LogP contribution in [0.5, 0.6) is 0 Å². The third kappa shape index (κ3) is 6.32. The van der Waals surface area contributed by atoms with Gasteiger partial charge in [0.25, 0.3) is 0 Å². The lowest BCUT2D eigenvalue weighted by atomic mass is 10.0. The second-order valence-electron chi connectivity index (χ2n) is 5.81. The Kier molecular flexibility index (Phi) is 7.27. The third-order valence-electron chi connectivity index (χ3n) is 2.89. The van der Waals surface area contributed by atoms with Crippen molar-refractivity contribution in [2.24, 2.45) is 0 Å². The van der Waals surface area contributed by atoms with Crippen molar-refractivity contribution in [3.8, 4) is 0 Å². The van der Waals surface area contributed by atoms with Gasteiger partial charge in [0.15, 0.2) is 0 Å². The van der Waals surface area contributed by atoms with Crippen LogP contribution < -0.4 is 0 Å². The van der Waals surface area contributed by atoms with Crippen LogP contribution in [0.1, 0.15) is 27.7 Å². The Labute approximate surface area is 126 Å². The van der Waals surface area contributed by atoms with Gasteiger partial charge in [-0.1, -0.05) is 0 Å². The van der Waals surface area contributed by atoms with E-state index in [9.17, 15) is 14.8 Å². The predicted molar refractivity (Wildman–Crippen MR) is 77.5 cm³/mol. The maximum Gasteiger partial charge on any atom is 0.328 e. The van der Waals surface area contributed by atoms with Gasteiger partial charge >= 0.3 is 7.60 Å². The lowest BCUT2D eigenvalue weighted by Gasteiger charge is -2.39. The number of aliphatic hydroxyl groups excluding tert-OH is 2. The first kappa shape index (κ1) is 19.0. The highest BCUT2D eigenvalue weighted by Crippen LogP contribution is 2.48. The Morgan fingerprint density at radius 1 is 1.24 bits per heavy atom. The van der Waals surface area contributed by atoms with E-state index >= 15 is 0 Å². The number of rotatable bonds is 7. The molecule has 5 atom stereocenters. The van der Waals surface area contributed by atoms with E-state index in [4.69, 9.17) is 18.5 Å². The van der Waals surface area contributed by atoms with Gasteiger partial charge in [-0.25, -0.2) is 0 Å². The minimum Gasteiger partial charge on any atom is -0.388 e. The lowest BCUT2D eigenvalue weighted by molar-refractivity contribution is -0.196. The van der Waals surface area contributed by atoms with Crippen LogP contribution in [-0.2, 0) is 23.1 Å². The Morgan fingerprint density at radius 3 is 2.38 bits per heavy atom. The Morgan fingerprint density at radius 2 is 1.86 bits per heavy atom. The first-order chi connectivity index (χ1) is 9.62. The van der Waals surface area contributed by atoms with Crippen LogP contribution in [0.15, 0.2) is 0 Å². The third-order valence-corrected chi connectivity index (χ3v) is 4.32. The molecule has 1 rings (SSSR count). The van der Waals surface area contributed by atoms with Crippen LogP contribution in [0.3, 0.4) is 0 Å². The fourth-order valence-corrected chi connectivity index (χ4v) is 3.56. The molecular formula is C13H27O7P. The molecule has 0 bridgehead atoms. The van der Waals surface area contributed by atoms with Crippen LogP contribution in [-0.4, -0.2) is 66.7 Å². The molecule has 5 unspecified atom stereocenters. The van der Waals surface area contributed by atoms with E-state index in [0.717, 1.165) is 0 Å². The zero-order valence-corrected chi connectivity index (χ0v) is 14.2. The van der Waals surface area contributed by atoms with Crippen LogP contribution in [0, 0.1) is 0 Å². The van der Waals surface area contributed by atoms with Crippen molar-refractivity contribution >= 4 is 7.60 Å². The molecule has 8 heteroatoms. The fraction of sp³-hybridized carbons (Fsp3) is 1.00. The summed E-state index contributed by atoms with van der Waals surface area (Å²) in [5.41, 5.74) is 0. The van der Waals surface area contributed by atoms with E-state index < -0.39 is 32.0 Å². The molecule has 0 aliphatic carbocycles. The summed E-state index contributed by atoms with van der Waals surface area (Å²) in [6, 6.07) is 0. The topological polar surface area (TPSA) is 94.5 Å². The van der Waals surface area contributed by atoms with Gasteiger partial charge in [0.1, 0.15) is 24.4 Å². The molecule has 1 aliphatic heterocycles. The summed E-state index contributed by atoms with van der Waals surface area (Å²) in [6.07, 6.45) is -4.18. The standard InChI is InChI=1S/C13H27O7P/c1-8(2)17-7-11-13(12(15)10(14)6-18-11)20-21(5,16)19-9(3)4/h8-15H,6-7H2,1-5H3. The van der Waals surface area contributed by atoms with E-state index in [0.29, 0.717) is 0 Å². The average molecular weight is 326 g/mol. The van der Waals surface area contributed by atoms with Gasteiger partial charge in [-0.15, -0.1) is 0 Å². The van der Waals surface area contributed by atoms with Crippen molar-refractivity contribution < 1.29 is 33.3 Å². The van der Waals surface area contributed by atoms with Gasteiger partial charge < -0.3 is 24.2 Å². The first-order valence-corrected chi connectivity index (χ1v) is 9.15. The molecule has 0 saturated carbocycles. The van der Waals surface area contributed by atoms with Crippen molar-refractivity contribution in [3.63, 3.8) is 0 Å². The minimum absolute atomic E-state index is 0.0152. The largest absolute Gasteiger partial charge is 0.388 e. The zero-order valence-electron chi connectivity index (χ0n) is 13.3. The summed E-state index contributed by atoms with van der Waals surface area (Å²) in [4.78, 5) is 0. The molecule has 0 aromatic heterocycles. The molecule has 1 aliphatic rings. The molecule has 0 aromatic rings. The summed E-state index contributed by atoms with van der Waals surface area (Å²) in [5, 5.41) is 19.8. The van der Waals surface area contributed by atoms with Crippen molar-refractivity contribution in [2.45, 2.75) is 64.3 Å². The van der Waals surface area contributed by atoms with Crippen LogP contribution in [0.4, 0.5) is 0 Å². The molecule has 21 heavy (non-hydrogen) atoms. The summed E-state index contributed by atoms with van der Waals surface area (Å²) in [7, 11) is -3.37. The van der Waals surface area contributed by atoms with Crippen molar-refractivity contribution in [1.29, 1.82) is 0 Å². The van der Waals surface area contributed by atoms with E-state index in [2.05, 4.69) is 0 Å². The van der Waals surface area contributed by atoms with E-state index in [-0.39, 0.29) is 25.4 Å². The monoisotopic (exact) mass is 326 g/mol. The lowest BCUT2D eigenvalue weighted by Crippen LogP contribution is -2.55. The van der Waals surface area contributed by atoms with Crippen LogP contribution in [0.2, 0.25) is 0 Å². The van der Waals surface area contributed by atoms with Gasteiger partial charge in [0, 0.05) is 6.66 Å². The van der Waals surface area contributed by atoms with Crippen molar-refractivity contribution in [3.05, 3.63) is 0 Å². The zero-order chi connectivity index (χ0) is 16.2. The highest BCUT2D eigenvalue weighted by Gasteiger charge is 2.43. The second-order valence-corrected chi connectivity index (χ2v) is 7.77. The SMILES string of the molecule is CC(C)OCC1OCC(O)C(O)C1OP(C)(=O)OC(C)C. The second kappa shape index (κ2) is 8.02. The molecule has 1 fully saturated rings. The molecule has 7 nitrogen and oxygen atoms in total. The van der Waals surface area contributed by atoms with Gasteiger partial charge in [0.05, 0.1) is 25.4 Å². The minimum atomic E-state index is -3.37. The first-order valence-electron chi connectivity index (χ1n) is 7.16. The molecule has 0 amide bonds. The molecule has 1 heterocycles. The van der Waals surface area contributed by atoms with E-state index in [1.54, 1.807) is 13.8 Å². The number of hydrogen-bond donors (Lipinski definition) is 2. The number of ether oxygens (including phenoxy) is 2. The molecule has 126 valence electrons. The maximum atomic E-state index is 12.3. The summed E-state index contributed by atoms with van der Waals surface area (Å²) >= 11 is 0. The van der Waals surface area contributed by atoms with E-state index in [1.807, 2.05) is 13.8 Å². The predicted octanol–water partition coefficient (Wildman–Crippen LogP) is 1.17. The van der Waals surface area contributed by atoms with Crippen molar-refractivity contribution in [1.82, 2.24) is 0 Å². The average Bonchev–Trinajstić information content (AvgIpc) is 2.32. The van der Waals surface area contributed by atoms with Crippen LogP contribution >= 0.6 is 7.60 Å². The van der Waals surface area contributed by atoms with Crippen molar-refractivity contribution in [2.75, 3.05) is 19.9 Å². The molecular weight excluding hydrogens is 299 g/mol.